The molecule has 0 aromatic heterocycles. The molecule has 5 aliphatic carbocycles. The van der Waals surface area contributed by atoms with E-state index in [1.54, 1.807) is 6.92 Å². The van der Waals surface area contributed by atoms with Crippen LogP contribution in [0.4, 0.5) is 0 Å². The summed E-state index contributed by atoms with van der Waals surface area (Å²) in [7, 11) is 0. The molecule has 314 valence electrons. The number of aliphatic hydroxyl groups excluding tert-OH is 8. The summed E-state index contributed by atoms with van der Waals surface area (Å²) < 4.78 is 31.2. The molecule has 3 aliphatic heterocycles. The van der Waals surface area contributed by atoms with Crippen molar-refractivity contribution in [2.75, 3.05) is 19.8 Å². The van der Waals surface area contributed by atoms with Gasteiger partial charge >= 0.3 is 0 Å². The van der Waals surface area contributed by atoms with Gasteiger partial charge in [-0.1, -0.05) is 53.7 Å². The number of ether oxygens (including phenoxy) is 5. The number of hydrogen-bond acceptors (Lipinski definition) is 13. The molecule has 8 rings (SSSR count). The van der Waals surface area contributed by atoms with Crippen LogP contribution in [0.3, 0.4) is 0 Å². The molecule has 13 nitrogen and oxygen atoms in total. The predicted octanol–water partition coefficient (Wildman–Crippen LogP) is 1.78. The lowest BCUT2D eigenvalue weighted by Crippen LogP contribution is -2.72. The van der Waals surface area contributed by atoms with Crippen molar-refractivity contribution in [3.63, 3.8) is 0 Å². The third kappa shape index (κ3) is 5.44. The van der Waals surface area contributed by atoms with Crippen LogP contribution < -0.4 is 0 Å². The van der Waals surface area contributed by atoms with Crippen LogP contribution in [0, 0.1) is 50.2 Å². The van der Waals surface area contributed by atoms with Gasteiger partial charge in [-0.3, -0.25) is 0 Å². The molecule has 1 spiro atoms. The summed E-state index contributed by atoms with van der Waals surface area (Å²) in [6, 6.07) is 0. The monoisotopic (exact) mass is 780 g/mol. The van der Waals surface area contributed by atoms with E-state index >= 15 is 0 Å². The fourth-order valence-corrected chi connectivity index (χ4v) is 14.3. The lowest BCUT2D eigenvalue weighted by atomic mass is 9.32. The van der Waals surface area contributed by atoms with E-state index in [0.717, 1.165) is 38.5 Å². The average molecular weight is 781 g/mol. The first-order valence-corrected chi connectivity index (χ1v) is 20.9. The van der Waals surface area contributed by atoms with Crippen molar-refractivity contribution in [1.82, 2.24) is 0 Å². The minimum absolute atomic E-state index is 0.0414. The number of fused-ring (bicyclic) bond motifs is 4. The molecule has 0 unspecified atom stereocenters. The molecular weight excluding hydrogens is 712 g/mol. The maximum atomic E-state index is 12.1. The molecule has 8 N–H and O–H groups in total. The molecule has 2 bridgehead atoms. The third-order valence-electron chi connectivity index (χ3n) is 17.9. The second-order valence-corrected chi connectivity index (χ2v) is 21.0. The molecule has 0 amide bonds. The van der Waals surface area contributed by atoms with E-state index in [1.165, 1.54) is 0 Å². The van der Waals surface area contributed by atoms with Crippen LogP contribution in [0.25, 0.3) is 0 Å². The van der Waals surface area contributed by atoms with Crippen molar-refractivity contribution >= 4 is 0 Å². The van der Waals surface area contributed by atoms with E-state index < -0.39 is 91.2 Å². The van der Waals surface area contributed by atoms with Gasteiger partial charge in [0.2, 0.25) is 0 Å². The Kier molecular flexibility index (Phi) is 9.95. The minimum Gasteiger partial charge on any atom is -0.396 e. The van der Waals surface area contributed by atoms with Gasteiger partial charge in [0.05, 0.1) is 43.7 Å². The van der Waals surface area contributed by atoms with Crippen LogP contribution in [-0.4, -0.2) is 140 Å². The number of hydrogen-bond donors (Lipinski definition) is 8. The largest absolute Gasteiger partial charge is 0.396 e. The second-order valence-electron chi connectivity index (χ2n) is 21.0. The highest BCUT2D eigenvalue weighted by molar-refractivity contribution is 5.36. The molecule has 21 atom stereocenters. The highest BCUT2D eigenvalue weighted by Gasteiger charge is 2.79. The van der Waals surface area contributed by atoms with E-state index in [2.05, 4.69) is 53.7 Å². The smallest absolute Gasteiger partial charge is 0.187 e. The van der Waals surface area contributed by atoms with Crippen LogP contribution >= 0.6 is 0 Å². The van der Waals surface area contributed by atoms with Crippen LogP contribution in [0.5, 0.6) is 0 Å². The molecular formula is C42H68O13. The molecule has 3 saturated heterocycles. The van der Waals surface area contributed by atoms with Crippen molar-refractivity contribution in [2.45, 2.75) is 179 Å². The van der Waals surface area contributed by atoms with E-state index in [0.29, 0.717) is 19.4 Å². The van der Waals surface area contributed by atoms with Gasteiger partial charge in [0, 0.05) is 22.2 Å². The first-order valence-electron chi connectivity index (χ1n) is 20.9. The molecule has 4 saturated carbocycles. The minimum atomic E-state index is -1.72. The Balaban J connectivity index is 1.05. The van der Waals surface area contributed by atoms with Gasteiger partial charge in [0.15, 0.2) is 12.6 Å². The van der Waals surface area contributed by atoms with Gasteiger partial charge < -0.3 is 64.5 Å². The predicted molar refractivity (Wildman–Crippen MR) is 197 cm³/mol. The van der Waals surface area contributed by atoms with E-state index in [9.17, 15) is 40.9 Å². The van der Waals surface area contributed by atoms with Gasteiger partial charge in [0.1, 0.15) is 42.7 Å². The average Bonchev–Trinajstić information content (AvgIpc) is 3.41. The van der Waals surface area contributed by atoms with Gasteiger partial charge in [0.25, 0.3) is 0 Å². The highest BCUT2D eigenvalue weighted by atomic mass is 16.7. The molecule has 0 radical (unpaired) electrons. The van der Waals surface area contributed by atoms with Crippen molar-refractivity contribution in [1.29, 1.82) is 0 Å². The maximum Gasteiger partial charge on any atom is 0.187 e. The standard InChI is InChI=1S/C42H68O13/c1-21-28(46)33(55-34-31(49)30(48)29(47)22(18-43)53-34)32(50)35(52-21)54-27-10-11-37(4)23(38(27,5)19-44)8-12-39(6)24(37)9-13-42-25-16-36(2,3)14-15-41(25,20-51-42)26(45)17-40(39,42)7/h9,13,21-35,43-50H,8,10-12,14-20H2,1-7H3/t21-,22-,23-,24-,25-,26+,27+,28+,29-,30+,31-,32-,33+,34+,35+,37+,38+,39-,40+,41-,42+/m1/s1. The third-order valence-corrected chi connectivity index (χ3v) is 17.9. The quantitative estimate of drug-likeness (QED) is 0.143. The summed E-state index contributed by atoms with van der Waals surface area (Å²) >= 11 is 0. The fourth-order valence-electron chi connectivity index (χ4n) is 14.3. The normalized spacial score (nSPS) is 59.7. The summed E-state index contributed by atoms with van der Waals surface area (Å²) in [5.74, 6) is 0.449. The maximum absolute atomic E-state index is 12.1. The van der Waals surface area contributed by atoms with Gasteiger partial charge in [-0.2, -0.15) is 0 Å². The Bertz CT molecular complexity index is 1490. The summed E-state index contributed by atoms with van der Waals surface area (Å²) in [6.45, 7) is 15.4. The first-order chi connectivity index (χ1) is 25.7. The lowest BCUT2D eigenvalue weighted by molar-refractivity contribution is -0.367. The van der Waals surface area contributed by atoms with Crippen LogP contribution in [0.15, 0.2) is 12.2 Å². The molecule has 13 heteroatoms. The fraction of sp³-hybridized carbons (Fsp3) is 0.952. The topological polar surface area (TPSA) is 208 Å². The van der Waals surface area contributed by atoms with Crippen LogP contribution in [-0.2, 0) is 23.7 Å². The first kappa shape index (κ1) is 41.0. The Hall–Kier alpha value is -0.780. The molecule has 7 fully saturated rings. The van der Waals surface area contributed by atoms with E-state index in [1.807, 2.05) is 0 Å². The van der Waals surface area contributed by atoms with Crippen LogP contribution in [0.2, 0.25) is 0 Å². The van der Waals surface area contributed by atoms with Crippen molar-refractivity contribution in [3.05, 3.63) is 12.2 Å². The molecule has 55 heavy (non-hydrogen) atoms. The summed E-state index contributed by atoms with van der Waals surface area (Å²) in [4.78, 5) is 0. The zero-order valence-corrected chi connectivity index (χ0v) is 33.7. The Labute approximate surface area is 325 Å². The van der Waals surface area contributed by atoms with E-state index in [-0.39, 0.29) is 51.4 Å². The second kappa shape index (κ2) is 13.4. The highest BCUT2D eigenvalue weighted by Crippen LogP contribution is 2.79. The molecule has 0 aromatic carbocycles. The number of rotatable bonds is 6. The zero-order valence-electron chi connectivity index (χ0n) is 33.7. The van der Waals surface area contributed by atoms with E-state index in [4.69, 9.17) is 23.7 Å². The van der Waals surface area contributed by atoms with Crippen LogP contribution in [0.1, 0.15) is 99.8 Å². The lowest BCUT2D eigenvalue weighted by Gasteiger charge is -2.73. The number of aliphatic hydroxyl groups is 8. The Morgan fingerprint density at radius 2 is 1.44 bits per heavy atom. The SMILES string of the molecule is C[C@H]1O[C@@H](O[C@H]2CC[C@@]3(C)[C@@H](CC[C@]4(C)[C@@H]3C=C[C@]35OC[C@@]6(CCC(C)(C)C[C@H]63)[C@@H](O)C[C@]54C)[C@]2(C)CO)[C@H](O)[C@@H](O[C@@H]2O[C@H](CO)[C@@H](O)[C@H](O)[C@H]2O)[C@H]1O. The molecule has 8 aliphatic rings. The summed E-state index contributed by atoms with van der Waals surface area (Å²) in [5.41, 5.74) is -1.90. The van der Waals surface area contributed by atoms with Gasteiger partial charge in [-0.05, 0) is 86.4 Å². The molecule has 3 heterocycles. The zero-order chi connectivity index (χ0) is 39.9. The number of allylic oxidation sites excluding steroid dienone is 1. The summed E-state index contributed by atoms with van der Waals surface area (Å²) in [5, 5.41) is 87.0. The van der Waals surface area contributed by atoms with Crippen molar-refractivity contribution in [2.24, 2.45) is 50.2 Å². The van der Waals surface area contributed by atoms with Crippen molar-refractivity contribution in [3.8, 4) is 0 Å². The van der Waals surface area contributed by atoms with Gasteiger partial charge in [-0.25, -0.2) is 0 Å². The Morgan fingerprint density at radius 3 is 2.13 bits per heavy atom. The van der Waals surface area contributed by atoms with Crippen molar-refractivity contribution < 1.29 is 64.5 Å². The summed E-state index contributed by atoms with van der Waals surface area (Å²) in [6.07, 6.45) is -3.39. The van der Waals surface area contributed by atoms with Gasteiger partial charge in [-0.15, -0.1) is 0 Å². The Morgan fingerprint density at radius 1 is 0.727 bits per heavy atom. The molecule has 0 aromatic rings.